The number of hydrogen-bond donors (Lipinski definition) is 0. The molecule has 5 heteroatoms. The summed E-state index contributed by atoms with van der Waals surface area (Å²) >= 11 is 0. The molecule has 4 unspecified atom stereocenters. The van der Waals surface area contributed by atoms with Crippen LogP contribution in [0.1, 0.15) is 51.4 Å². The van der Waals surface area contributed by atoms with E-state index < -0.39 is 0 Å². The van der Waals surface area contributed by atoms with Gasteiger partial charge >= 0.3 is 0 Å². The first kappa shape index (κ1) is 15.8. The second kappa shape index (κ2) is 5.41. The Balaban J connectivity index is 1.43. The Morgan fingerprint density at radius 2 is 1.76 bits per heavy atom. The van der Waals surface area contributed by atoms with Crippen LogP contribution < -0.4 is 0 Å². The van der Waals surface area contributed by atoms with Gasteiger partial charge in [-0.3, -0.25) is 4.90 Å². The highest BCUT2D eigenvalue weighted by molar-refractivity contribution is 5.27. The summed E-state index contributed by atoms with van der Waals surface area (Å²) in [5.74, 6) is 0. The van der Waals surface area contributed by atoms with Crippen LogP contribution >= 0.6 is 0 Å². The number of nitrogens with zero attached hydrogens (tertiary/aromatic N) is 1. The van der Waals surface area contributed by atoms with Gasteiger partial charge < -0.3 is 18.9 Å². The molecule has 5 heterocycles. The molecule has 6 rings (SSSR count). The topological polar surface area (TPSA) is 40.2 Å². The van der Waals surface area contributed by atoms with Crippen molar-refractivity contribution in [2.75, 3.05) is 39.5 Å². The largest absolute Gasteiger partial charge is 0.379 e. The van der Waals surface area contributed by atoms with E-state index >= 15 is 0 Å². The van der Waals surface area contributed by atoms with Gasteiger partial charge in [-0.1, -0.05) is 6.42 Å². The van der Waals surface area contributed by atoms with Crippen LogP contribution in [0.2, 0.25) is 0 Å². The molecule has 0 radical (unpaired) electrons. The maximum atomic E-state index is 6.76. The summed E-state index contributed by atoms with van der Waals surface area (Å²) < 4.78 is 25.4. The standard InChI is InChI=1S/C20H31NO4/c1-2-16-12-18(5-1,14-23-16)20(19-6-3-15(25-19)4-7-19)17(13-24-20)21-8-10-22-11-9-21/h15-17H,1-14H2. The van der Waals surface area contributed by atoms with Gasteiger partial charge in [-0.25, -0.2) is 0 Å². The third-order valence-corrected chi connectivity index (χ3v) is 8.42. The van der Waals surface area contributed by atoms with E-state index in [4.69, 9.17) is 18.9 Å². The van der Waals surface area contributed by atoms with Crippen LogP contribution in [0.3, 0.4) is 0 Å². The highest BCUT2D eigenvalue weighted by Gasteiger charge is 2.77. The number of fused-ring (bicyclic) bond motifs is 4. The second-order valence-electron chi connectivity index (χ2n) is 9.33. The summed E-state index contributed by atoms with van der Waals surface area (Å²) in [6, 6.07) is 0.480. The van der Waals surface area contributed by atoms with Crippen molar-refractivity contribution in [2.45, 2.75) is 80.8 Å². The predicted octanol–water partition coefficient (Wildman–Crippen LogP) is 2.13. The van der Waals surface area contributed by atoms with Crippen LogP contribution in [0.5, 0.6) is 0 Å². The zero-order chi connectivity index (χ0) is 16.5. The van der Waals surface area contributed by atoms with Gasteiger partial charge in [-0.05, 0) is 44.9 Å². The Bertz CT molecular complexity index is 538. The van der Waals surface area contributed by atoms with E-state index in [0.29, 0.717) is 18.2 Å². The molecule has 5 aliphatic heterocycles. The Labute approximate surface area is 150 Å². The first-order chi connectivity index (χ1) is 12.3. The molecule has 140 valence electrons. The minimum atomic E-state index is -0.155. The maximum Gasteiger partial charge on any atom is 0.123 e. The maximum absolute atomic E-state index is 6.76. The highest BCUT2D eigenvalue weighted by Crippen LogP contribution is 2.66. The van der Waals surface area contributed by atoms with Gasteiger partial charge in [-0.15, -0.1) is 0 Å². The smallest absolute Gasteiger partial charge is 0.123 e. The lowest BCUT2D eigenvalue weighted by molar-refractivity contribution is -0.343. The lowest BCUT2D eigenvalue weighted by Crippen LogP contribution is -2.81. The predicted molar refractivity (Wildman–Crippen MR) is 91.6 cm³/mol. The fourth-order valence-electron chi connectivity index (χ4n) is 7.38. The van der Waals surface area contributed by atoms with Crippen molar-refractivity contribution in [1.82, 2.24) is 4.90 Å². The third-order valence-electron chi connectivity index (χ3n) is 8.42. The summed E-state index contributed by atoms with van der Waals surface area (Å²) in [7, 11) is 0. The van der Waals surface area contributed by atoms with Crippen molar-refractivity contribution in [3.05, 3.63) is 0 Å². The minimum absolute atomic E-state index is 0.0610. The fourth-order valence-corrected chi connectivity index (χ4v) is 7.38. The van der Waals surface area contributed by atoms with Gasteiger partial charge in [0.25, 0.3) is 0 Å². The summed E-state index contributed by atoms with van der Waals surface area (Å²) in [5, 5.41) is 0. The average molecular weight is 349 g/mol. The normalized spacial score (nSPS) is 55.4. The van der Waals surface area contributed by atoms with Gasteiger partial charge in [0, 0.05) is 18.5 Å². The van der Waals surface area contributed by atoms with E-state index in [0.717, 1.165) is 39.5 Å². The molecule has 0 N–H and O–H groups in total. The Morgan fingerprint density at radius 3 is 2.44 bits per heavy atom. The minimum Gasteiger partial charge on any atom is -0.379 e. The van der Waals surface area contributed by atoms with Gasteiger partial charge in [0.1, 0.15) is 5.60 Å². The average Bonchev–Trinajstić information content (AvgIpc) is 3.30. The van der Waals surface area contributed by atoms with Crippen LogP contribution in [-0.2, 0) is 18.9 Å². The molecular weight excluding hydrogens is 318 g/mol. The van der Waals surface area contributed by atoms with Crippen molar-refractivity contribution in [3.63, 3.8) is 0 Å². The summed E-state index contributed by atoms with van der Waals surface area (Å²) in [6.07, 6.45) is 10.7. The van der Waals surface area contributed by atoms with E-state index in [2.05, 4.69) is 4.90 Å². The zero-order valence-corrected chi connectivity index (χ0v) is 15.2. The molecule has 0 amide bonds. The molecule has 6 fully saturated rings. The molecule has 5 nitrogen and oxygen atoms in total. The van der Waals surface area contributed by atoms with Gasteiger partial charge in [0.2, 0.25) is 0 Å². The molecule has 0 aromatic carbocycles. The van der Waals surface area contributed by atoms with Crippen LogP contribution in [0.25, 0.3) is 0 Å². The molecule has 1 aliphatic carbocycles. The Hall–Kier alpha value is -0.200. The third kappa shape index (κ3) is 1.92. The molecule has 5 saturated heterocycles. The molecule has 25 heavy (non-hydrogen) atoms. The van der Waals surface area contributed by atoms with Crippen molar-refractivity contribution >= 4 is 0 Å². The van der Waals surface area contributed by atoms with E-state index in [1.165, 1.54) is 51.4 Å². The number of ether oxygens (including phenoxy) is 4. The van der Waals surface area contributed by atoms with Crippen molar-refractivity contribution in [1.29, 1.82) is 0 Å². The molecular formula is C20H31NO4. The Kier molecular flexibility index (Phi) is 3.43. The SMILES string of the molecule is C1CC2CC(C3(C45CCC(CC4)O5)OCC3N3CCOCC3)(C1)CO2. The number of morpholine rings is 1. The quantitative estimate of drug-likeness (QED) is 0.781. The molecule has 0 spiro atoms. The number of rotatable bonds is 3. The molecule has 4 bridgehead atoms. The van der Waals surface area contributed by atoms with Crippen molar-refractivity contribution < 1.29 is 18.9 Å². The van der Waals surface area contributed by atoms with E-state index in [1.54, 1.807) is 0 Å². The lowest BCUT2D eigenvalue weighted by Gasteiger charge is -2.67. The van der Waals surface area contributed by atoms with Gasteiger partial charge in [0.05, 0.1) is 50.3 Å². The van der Waals surface area contributed by atoms with E-state index in [-0.39, 0.29) is 16.6 Å². The highest BCUT2D eigenvalue weighted by atomic mass is 16.6. The van der Waals surface area contributed by atoms with Crippen LogP contribution in [0, 0.1) is 5.41 Å². The molecule has 6 aliphatic rings. The number of hydrogen-bond acceptors (Lipinski definition) is 5. The van der Waals surface area contributed by atoms with Gasteiger partial charge in [-0.2, -0.15) is 0 Å². The van der Waals surface area contributed by atoms with Crippen molar-refractivity contribution in [2.24, 2.45) is 5.41 Å². The molecule has 4 atom stereocenters. The summed E-state index contributed by atoms with van der Waals surface area (Å²) in [6.45, 7) is 5.53. The van der Waals surface area contributed by atoms with E-state index in [1.807, 2.05) is 0 Å². The summed E-state index contributed by atoms with van der Waals surface area (Å²) in [5.41, 5.74) is -0.0530. The first-order valence-corrected chi connectivity index (χ1v) is 10.5. The van der Waals surface area contributed by atoms with E-state index in [9.17, 15) is 0 Å². The lowest BCUT2D eigenvalue weighted by atomic mass is 9.52. The first-order valence-electron chi connectivity index (χ1n) is 10.5. The molecule has 1 saturated carbocycles. The zero-order valence-electron chi connectivity index (χ0n) is 15.2. The monoisotopic (exact) mass is 349 g/mol. The van der Waals surface area contributed by atoms with Crippen molar-refractivity contribution in [3.8, 4) is 0 Å². The second-order valence-corrected chi connectivity index (χ2v) is 9.33. The fraction of sp³-hybridized carbons (Fsp3) is 1.00. The molecule has 0 aromatic rings. The van der Waals surface area contributed by atoms with Crippen LogP contribution in [-0.4, -0.2) is 73.9 Å². The van der Waals surface area contributed by atoms with Gasteiger partial charge in [0.15, 0.2) is 0 Å². The Morgan fingerprint density at radius 1 is 0.920 bits per heavy atom. The van der Waals surface area contributed by atoms with Crippen LogP contribution in [0.15, 0.2) is 0 Å². The summed E-state index contributed by atoms with van der Waals surface area (Å²) in [4.78, 5) is 2.66. The molecule has 0 aromatic heterocycles. The van der Waals surface area contributed by atoms with Crippen LogP contribution in [0.4, 0.5) is 0 Å².